The zero-order valence-corrected chi connectivity index (χ0v) is 14.8. The van der Waals surface area contributed by atoms with Crippen molar-refractivity contribution < 1.29 is 23.7 Å². The SMILES string of the molecule is CCOC(C)OCC(C)(OC(=O)Oc1ccccc1)c1ccccc1. The molecule has 2 rings (SSSR count). The van der Waals surface area contributed by atoms with Crippen molar-refractivity contribution >= 4 is 6.16 Å². The molecule has 0 aliphatic carbocycles. The Morgan fingerprint density at radius 2 is 1.60 bits per heavy atom. The first-order chi connectivity index (χ1) is 12.0. The fourth-order valence-electron chi connectivity index (χ4n) is 2.31. The molecule has 0 aliphatic heterocycles. The maximum absolute atomic E-state index is 12.2. The summed E-state index contributed by atoms with van der Waals surface area (Å²) in [6, 6.07) is 18.2. The number of hydrogen-bond acceptors (Lipinski definition) is 5. The molecule has 0 fully saturated rings. The van der Waals surface area contributed by atoms with Crippen LogP contribution in [-0.2, 0) is 19.8 Å². The molecule has 0 aromatic heterocycles. The Balaban J connectivity index is 2.09. The highest BCUT2D eigenvalue weighted by molar-refractivity contribution is 5.64. The van der Waals surface area contributed by atoms with Crippen LogP contribution in [0.3, 0.4) is 0 Å². The minimum Gasteiger partial charge on any atom is -0.420 e. The quantitative estimate of drug-likeness (QED) is 0.400. The zero-order valence-electron chi connectivity index (χ0n) is 14.8. The Bertz CT molecular complexity index is 644. The van der Waals surface area contributed by atoms with E-state index in [9.17, 15) is 4.79 Å². The molecule has 2 atom stereocenters. The number of hydrogen-bond donors (Lipinski definition) is 0. The Labute approximate surface area is 148 Å². The molecular formula is C20H24O5. The third-order valence-electron chi connectivity index (χ3n) is 3.63. The van der Waals surface area contributed by atoms with Crippen LogP contribution in [0.4, 0.5) is 4.79 Å². The van der Waals surface area contributed by atoms with Gasteiger partial charge in [-0.1, -0.05) is 48.5 Å². The van der Waals surface area contributed by atoms with E-state index in [1.54, 1.807) is 38.1 Å². The number of rotatable bonds is 8. The van der Waals surface area contributed by atoms with Crippen LogP contribution in [0.25, 0.3) is 0 Å². The highest BCUT2D eigenvalue weighted by Crippen LogP contribution is 2.27. The molecule has 0 saturated heterocycles. The average molecular weight is 344 g/mol. The van der Waals surface area contributed by atoms with Crippen molar-refractivity contribution in [1.29, 1.82) is 0 Å². The van der Waals surface area contributed by atoms with Crippen molar-refractivity contribution in [3.05, 3.63) is 66.2 Å². The molecule has 134 valence electrons. The lowest BCUT2D eigenvalue weighted by Crippen LogP contribution is -2.37. The summed E-state index contributed by atoms with van der Waals surface area (Å²) in [5.74, 6) is 0.423. The molecule has 0 radical (unpaired) electrons. The molecule has 0 N–H and O–H groups in total. The van der Waals surface area contributed by atoms with E-state index >= 15 is 0 Å². The molecule has 5 heteroatoms. The minimum absolute atomic E-state index is 0.141. The third-order valence-corrected chi connectivity index (χ3v) is 3.63. The van der Waals surface area contributed by atoms with Crippen LogP contribution in [-0.4, -0.2) is 25.7 Å². The topological polar surface area (TPSA) is 54.0 Å². The molecule has 25 heavy (non-hydrogen) atoms. The summed E-state index contributed by atoms with van der Waals surface area (Å²) >= 11 is 0. The Kier molecular flexibility index (Phi) is 6.98. The lowest BCUT2D eigenvalue weighted by atomic mass is 9.97. The van der Waals surface area contributed by atoms with Crippen molar-refractivity contribution in [3.8, 4) is 5.75 Å². The maximum Gasteiger partial charge on any atom is 0.514 e. The summed E-state index contributed by atoms with van der Waals surface area (Å²) in [6.45, 7) is 6.16. The molecule has 0 aliphatic rings. The van der Waals surface area contributed by atoms with E-state index in [1.807, 2.05) is 43.3 Å². The number of benzene rings is 2. The lowest BCUT2D eigenvalue weighted by Gasteiger charge is -2.30. The highest BCUT2D eigenvalue weighted by Gasteiger charge is 2.33. The van der Waals surface area contributed by atoms with Gasteiger partial charge in [0, 0.05) is 6.61 Å². The monoisotopic (exact) mass is 344 g/mol. The summed E-state index contributed by atoms with van der Waals surface area (Å²) in [7, 11) is 0. The van der Waals surface area contributed by atoms with Gasteiger partial charge in [-0.25, -0.2) is 4.79 Å². The molecule has 0 bridgehead atoms. The van der Waals surface area contributed by atoms with Gasteiger partial charge in [0.05, 0.1) is 6.61 Å². The maximum atomic E-state index is 12.2. The normalized spacial score (nSPS) is 14.4. The van der Waals surface area contributed by atoms with Gasteiger partial charge in [0.1, 0.15) is 5.75 Å². The van der Waals surface area contributed by atoms with Crippen LogP contribution in [0.5, 0.6) is 5.75 Å². The summed E-state index contributed by atoms with van der Waals surface area (Å²) in [6.07, 6.45) is -1.19. The smallest absolute Gasteiger partial charge is 0.420 e. The van der Waals surface area contributed by atoms with Gasteiger partial charge in [0.25, 0.3) is 0 Å². The Morgan fingerprint density at radius 3 is 2.20 bits per heavy atom. The van der Waals surface area contributed by atoms with E-state index in [1.165, 1.54) is 0 Å². The van der Waals surface area contributed by atoms with E-state index in [2.05, 4.69) is 0 Å². The summed E-state index contributed by atoms with van der Waals surface area (Å²) in [5, 5.41) is 0. The fourth-order valence-corrected chi connectivity index (χ4v) is 2.31. The van der Waals surface area contributed by atoms with Gasteiger partial charge in [0.15, 0.2) is 11.9 Å². The van der Waals surface area contributed by atoms with Crippen molar-refractivity contribution in [1.82, 2.24) is 0 Å². The van der Waals surface area contributed by atoms with Gasteiger partial charge in [-0.2, -0.15) is 0 Å². The number of ether oxygens (including phenoxy) is 4. The van der Waals surface area contributed by atoms with Crippen LogP contribution < -0.4 is 4.74 Å². The molecular weight excluding hydrogens is 320 g/mol. The molecule has 5 nitrogen and oxygen atoms in total. The molecule has 0 amide bonds. The second-order valence-corrected chi connectivity index (χ2v) is 5.70. The first-order valence-corrected chi connectivity index (χ1v) is 8.28. The molecule has 2 aromatic rings. The second-order valence-electron chi connectivity index (χ2n) is 5.70. The predicted octanol–water partition coefficient (Wildman–Crippen LogP) is 4.52. The van der Waals surface area contributed by atoms with Crippen molar-refractivity contribution in [2.75, 3.05) is 13.2 Å². The van der Waals surface area contributed by atoms with Gasteiger partial charge in [-0.15, -0.1) is 0 Å². The van der Waals surface area contributed by atoms with E-state index in [0.717, 1.165) is 5.56 Å². The van der Waals surface area contributed by atoms with Gasteiger partial charge in [0.2, 0.25) is 0 Å². The van der Waals surface area contributed by atoms with Crippen LogP contribution in [0.15, 0.2) is 60.7 Å². The largest absolute Gasteiger partial charge is 0.514 e. The Morgan fingerprint density at radius 1 is 1.00 bits per heavy atom. The van der Waals surface area contributed by atoms with E-state index < -0.39 is 18.0 Å². The molecule has 0 spiro atoms. The standard InChI is InChI=1S/C20H24O5/c1-4-22-16(2)23-15-20(3,17-11-7-5-8-12-17)25-19(21)24-18-13-9-6-10-14-18/h5-14,16H,4,15H2,1-3H3. The fraction of sp³-hybridized carbons (Fsp3) is 0.350. The highest BCUT2D eigenvalue weighted by atomic mass is 16.7. The van der Waals surface area contributed by atoms with Gasteiger partial charge in [-0.3, -0.25) is 0 Å². The van der Waals surface area contributed by atoms with Gasteiger partial charge >= 0.3 is 6.16 Å². The van der Waals surface area contributed by atoms with Crippen LogP contribution in [0.2, 0.25) is 0 Å². The first-order valence-electron chi connectivity index (χ1n) is 8.28. The predicted molar refractivity (Wildman–Crippen MR) is 94.4 cm³/mol. The molecule has 2 aromatic carbocycles. The number of carbonyl (C=O) groups excluding carboxylic acids is 1. The molecule has 0 saturated carbocycles. The second kappa shape index (κ2) is 9.20. The van der Waals surface area contributed by atoms with Crippen molar-refractivity contribution in [2.45, 2.75) is 32.7 Å². The summed E-state index contributed by atoms with van der Waals surface area (Å²) < 4.78 is 21.9. The average Bonchev–Trinajstić information content (AvgIpc) is 2.62. The lowest BCUT2D eigenvalue weighted by molar-refractivity contribution is -0.166. The minimum atomic E-state index is -1.00. The van der Waals surface area contributed by atoms with Crippen LogP contribution in [0, 0.1) is 0 Å². The van der Waals surface area contributed by atoms with Crippen molar-refractivity contribution in [2.24, 2.45) is 0 Å². The summed E-state index contributed by atoms with van der Waals surface area (Å²) in [5.41, 5.74) is -0.193. The zero-order chi connectivity index (χ0) is 18.1. The van der Waals surface area contributed by atoms with Gasteiger partial charge in [-0.05, 0) is 38.5 Å². The van der Waals surface area contributed by atoms with E-state index in [4.69, 9.17) is 18.9 Å². The number of carbonyl (C=O) groups is 1. The van der Waals surface area contributed by atoms with Crippen molar-refractivity contribution in [3.63, 3.8) is 0 Å². The molecule has 2 unspecified atom stereocenters. The van der Waals surface area contributed by atoms with E-state index in [-0.39, 0.29) is 6.61 Å². The van der Waals surface area contributed by atoms with Crippen LogP contribution in [0.1, 0.15) is 26.3 Å². The van der Waals surface area contributed by atoms with E-state index in [0.29, 0.717) is 12.4 Å². The number of para-hydroxylation sites is 1. The first kappa shape index (κ1) is 19.0. The van der Waals surface area contributed by atoms with Crippen LogP contribution >= 0.6 is 0 Å². The van der Waals surface area contributed by atoms with Gasteiger partial charge < -0.3 is 18.9 Å². The summed E-state index contributed by atoms with van der Waals surface area (Å²) in [4.78, 5) is 12.2. The molecule has 0 heterocycles. The Hall–Kier alpha value is -2.37. The third kappa shape index (κ3) is 5.89.